The van der Waals surface area contributed by atoms with Crippen molar-refractivity contribution < 1.29 is 0 Å². The van der Waals surface area contributed by atoms with Gasteiger partial charge in [-0.1, -0.05) is 6.92 Å². The highest BCUT2D eigenvalue weighted by Gasteiger charge is 2.23. The molecule has 3 aromatic rings. The number of hydrogen-bond donors (Lipinski definition) is 2. The molecule has 112 valence electrons. The Kier molecular flexibility index (Phi) is 2.97. The van der Waals surface area contributed by atoms with Crippen LogP contribution >= 0.6 is 11.3 Å². The van der Waals surface area contributed by atoms with Crippen molar-refractivity contribution in [2.24, 2.45) is 5.92 Å². The summed E-state index contributed by atoms with van der Waals surface area (Å²) >= 11 is 1.62. The summed E-state index contributed by atoms with van der Waals surface area (Å²) in [5.74, 6) is 1.46. The van der Waals surface area contributed by atoms with Crippen LogP contribution in [0, 0.1) is 5.92 Å². The molecule has 6 nitrogen and oxygen atoms in total. The van der Waals surface area contributed by atoms with Crippen molar-refractivity contribution >= 4 is 27.4 Å². The lowest BCUT2D eigenvalue weighted by Gasteiger charge is -2.17. The Morgan fingerprint density at radius 1 is 1.41 bits per heavy atom. The summed E-state index contributed by atoms with van der Waals surface area (Å²) in [6, 6.07) is 1.61. The first-order chi connectivity index (χ1) is 10.6. The molecule has 4 rings (SSSR count). The predicted octanol–water partition coefficient (Wildman–Crippen LogP) is 2.15. The van der Waals surface area contributed by atoms with Gasteiger partial charge in [0, 0.05) is 10.9 Å². The second-order valence-electron chi connectivity index (χ2n) is 5.77. The van der Waals surface area contributed by atoms with Crippen LogP contribution in [0.3, 0.4) is 0 Å². The van der Waals surface area contributed by atoms with Crippen molar-refractivity contribution in [2.75, 3.05) is 5.73 Å². The van der Waals surface area contributed by atoms with Gasteiger partial charge in [0.05, 0.1) is 5.39 Å². The minimum Gasteiger partial charge on any atom is -0.384 e. The SMILES string of the molecule is C[C@H]1CCc2c(sc3nc(-c4cc(N)ncn4)[nH]c(=O)c23)C1. The number of aryl methyl sites for hydroxylation is 1. The largest absolute Gasteiger partial charge is 0.384 e. The summed E-state index contributed by atoms with van der Waals surface area (Å²) in [5, 5.41) is 0.748. The normalized spacial score (nSPS) is 17.6. The van der Waals surface area contributed by atoms with Gasteiger partial charge >= 0.3 is 0 Å². The molecule has 3 heterocycles. The molecule has 1 aliphatic carbocycles. The van der Waals surface area contributed by atoms with Crippen molar-refractivity contribution in [2.45, 2.75) is 26.2 Å². The third-order valence-corrected chi connectivity index (χ3v) is 5.24. The first kappa shape index (κ1) is 13.4. The molecule has 0 bridgehead atoms. The fourth-order valence-electron chi connectivity index (χ4n) is 2.97. The second kappa shape index (κ2) is 4.88. The van der Waals surface area contributed by atoms with Gasteiger partial charge in [-0.15, -0.1) is 11.3 Å². The number of aromatic amines is 1. The molecule has 0 radical (unpaired) electrons. The molecule has 0 spiro atoms. The van der Waals surface area contributed by atoms with E-state index in [1.165, 1.54) is 16.8 Å². The molecule has 0 fully saturated rings. The van der Waals surface area contributed by atoms with Crippen LogP contribution in [0.2, 0.25) is 0 Å². The molecule has 22 heavy (non-hydrogen) atoms. The number of nitrogens with zero attached hydrogens (tertiary/aromatic N) is 3. The summed E-state index contributed by atoms with van der Waals surface area (Å²) in [6.45, 7) is 2.25. The number of hydrogen-bond acceptors (Lipinski definition) is 6. The fourth-order valence-corrected chi connectivity index (χ4v) is 4.36. The van der Waals surface area contributed by atoms with E-state index < -0.39 is 0 Å². The molecule has 0 aromatic carbocycles. The van der Waals surface area contributed by atoms with Crippen LogP contribution in [0.1, 0.15) is 23.8 Å². The Balaban J connectivity index is 1.92. The monoisotopic (exact) mass is 313 g/mol. The smallest absolute Gasteiger partial charge is 0.260 e. The van der Waals surface area contributed by atoms with Crippen LogP contribution in [0.25, 0.3) is 21.7 Å². The summed E-state index contributed by atoms with van der Waals surface area (Å²) in [6.07, 6.45) is 4.49. The molecular formula is C15H15N5OS. The molecular weight excluding hydrogens is 298 g/mol. The van der Waals surface area contributed by atoms with Crippen LogP contribution in [0.5, 0.6) is 0 Å². The van der Waals surface area contributed by atoms with Gasteiger partial charge in [0.1, 0.15) is 22.7 Å². The highest BCUT2D eigenvalue weighted by molar-refractivity contribution is 7.18. The van der Waals surface area contributed by atoms with E-state index in [2.05, 4.69) is 26.9 Å². The van der Waals surface area contributed by atoms with Gasteiger partial charge in [0.2, 0.25) is 0 Å². The average molecular weight is 313 g/mol. The third-order valence-electron chi connectivity index (χ3n) is 4.10. The average Bonchev–Trinajstić information content (AvgIpc) is 2.84. The Morgan fingerprint density at radius 3 is 3.09 bits per heavy atom. The standard InChI is InChI=1S/C15H15N5OS/c1-7-2-3-8-10(4-7)22-15-12(8)14(21)19-13(20-15)9-5-11(16)18-6-17-9/h5-7H,2-4H2,1H3,(H2,16,17,18)(H,19,20,21)/t7-/m0/s1. The maximum absolute atomic E-state index is 12.5. The Labute approximate surface area is 130 Å². The molecule has 0 saturated heterocycles. The lowest BCUT2D eigenvalue weighted by molar-refractivity contribution is 0.509. The zero-order valence-corrected chi connectivity index (χ0v) is 12.9. The number of aromatic nitrogens is 4. The number of thiophene rings is 1. The third kappa shape index (κ3) is 2.09. The van der Waals surface area contributed by atoms with Gasteiger partial charge in [0.25, 0.3) is 5.56 Å². The molecule has 0 aliphatic heterocycles. The van der Waals surface area contributed by atoms with E-state index in [9.17, 15) is 4.79 Å². The van der Waals surface area contributed by atoms with Gasteiger partial charge in [0.15, 0.2) is 5.82 Å². The zero-order valence-electron chi connectivity index (χ0n) is 12.1. The lowest BCUT2D eigenvalue weighted by atomic mass is 9.89. The molecule has 1 atom stereocenters. The van der Waals surface area contributed by atoms with Crippen molar-refractivity contribution in [3.05, 3.63) is 33.2 Å². The number of nitrogens with one attached hydrogen (secondary N) is 1. The van der Waals surface area contributed by atoms with Gasteiger partial charge in [-0.25, -0.2) is 15.0 Å². The number of H-pyrrole nitrogens is 1. The van der Waals surface area contributed by atoms with E-state index in [4.69, 9.17) is 5.73 Å². The first-order valence-electron chi connectivity index (χ1n) is 7.24. The molecule has 3 N–H and O–H groups in total. The van der Waals surface area contributed by atoms with Crippen molar-refractivity contribution in [3.8, 4) is 11.5 Å². The molecule has 7 heteroatoms. The zero-order chi connectivity index (χ0) is 15.3. The van der Waals surface area contributed by atoms with Crippen molar-refractivity contribution in [1.82, 2.24) is 19.9 Å². The molecule has 3 aromatic heterocycles. The quantitative estimate of drug-likeness (QED) is 0.717. The molecule has 1 aliphatic rings. The highest BCUT2D eigenvalue weighted by Crippen LogP contribution is 2.36. The van der Waals surface area contributed by atoms with Crippen LogP contribution in [-0.2, 0) is 12.8 Å². The van der Waals surface area contributed by atoms with Crippen molar-refractivity contribution in [1.29, 1.82) is 0 Å². The molecule has 0 saturated carbocycles. The summed E-state index contributed by atoms with van der Waals surface area (Å²) in [5.41, 5.74) is 7.29. The predicted molar refractivity (Wildman–Crippen MR) is 86.9 cm³/mol. The van der Waals surface area contributed by atoms with E-state index in [1.54, 1.807) is 17.4 Å². The summed E-state index contributed by atoms with van der Waals surface area (Å²) in [7, 11) is 0. The Morgan fingerprint density at radius 2 is 2.27 bits per heavy atom. The Hall–Kier alpha value is -2.28. The van der Waals surface area contributed by atoms with Gasteiger partial charge in [-0.2, -0.15) is 0 Å². The van der Waals surface area contributed by atoms with E-state index in [0.717, 1.165) is 29.5 Å². The second-order valence-corrected chi connectivity index (χ2v) is 6.86. The fraction of sp³-hybridized carbons (Fsp3) is 0.333. The van der Waals surface area contributed by atoms with Crippen LogP contribution in [-0.4, -0.2) is 19.9 Å². The first-order valence-corrected chi connectivity index (χ1v) is 8.06. The highest BCUT2D eigenvalue weighted by atomic mass is 32.1. The Bertz CT molecular complexity index is 929. The minimum atomic E-state index is -0.0933. The number of anilines is 1. The van der Waals surface area contributed by atoms with E-state index in [1.807, 2.05) is 0 Å². The van der Waals surface area contributed by atoms with E-state index in [-0.39, 0.29) is 5.56 Å². The van der Waals surface area contributed by atoms with E-state index >= 15 is 0 Å². The van der Waals surface area contributed by atoms with Gasteiger partial charge in [-0.05, 0) is 30.7 Å². The topological polar surface area (TPSA) is 97.5 Å². The summed E-state index contributed by atoms with van der Waals surface area (Å²) < 4.78 is 0. The van der Waals surface area contributed by atoms with Crippen LogP contribution in [0.4, 0.5) is 5.82 Å². The maximum Gasteiger partial charge on any atom is 0.260 e. The molecule has 0 unspecified atom stereocenters. The maximum atomic E-state index is 12.5. The van der Waals surface area contributed by atoms with Gasteiger partial charge in [-0.3, -0.25) is 4.79 Å². The van der Waals surface area contributed by atoms with Gasteiger partial charge < -0.3 is 10.7 Å². The van der Waals surface area contributed by atoms with Crippen LogP contribution in [0.15, 0.2) is 17.2 Å². The number of fused-ring (bicyclic) bond motifs is 3. The number of nitrogen functional groups attached to an aromatic ring is 1. The number of rotatable bonds is 1. The van der Waals surface area contributed by atoms with Crippen molar-refractivity contribution in [3.63, 3.8) is 0 Å². The summed E-state index contributed by atoms with van der Waals surface area (Å²) in [4.78, 5) is 30.0. The lowest BCUT2D eigenvalue weighted by Crippen LogP contribution is -2.13. The minimum absolute atomic E-state index is 0.0933. The molecule has 0 amide bonds. The van der Waals surface area contributed by atoms with E-state index in [0.29, 0.717) is 23.3 Å². The number of nitrogens with two attached hydrogens (primary N) is 1. The van der Waals surface area contributed by atoms with Crippen LogP contribution < -0.4 is 11.3 Å².